The van der Waals surface area contributed by atoms with E-state index in [1.54, 1.807) is 16.2 Å². The van der Waals surface area contributed by atoms with E-state index in [0.29, 0.717) is 32.2 Å². The highest BCUT2D eigenvalue weighted by molar-refractivity contribution is 7.10. The van der Waals surface area contributed by atoms with Gasteiger partial charge in [-0.1, -0.05) is 38.5 Å². The van der Waals surface area contributed by atoms with Gasteiger partial charge in [0, 0.05) is 24.5 Å². The lowest BCUT2D eigenvalue weighted by atomic mass is 10.00. The van der Waals surface area contributed by atoms with E-state index >= 15 is 0 Å². The fourth-order valence-electron chi connectivity index (χ4n) is 3.81. The molecule has 3 rings (SSSR count). The van der Waals surface area contributed by atoms with E-state index in [0.717, 1.165) is 24.2 Å². The zero-order valence-corrected chi connectivity index (χ0v) is 19.5. The number of amides is 3. The third-order valence-corrected chi connectivity index (χ3v) is 6.73. The van der Waals surface area contributed by atoms with Gasteiger partial charge in [0.05, 0.1) is 6.04 Å². The first-order valence-corrected chi connectivity index (χ1v) is 12.0. The third-order valence-electron chi connectivity index (χ3n) is 5.74. The Hall–Kier alpha value is -2.54. The molecule has 0 bridgehead atoms. The summed E-state index contributed by atoms with van der Waals surface area (Å²) in [5, 5.41) is 4.93. The van der Waals surface area contributed by atoms with Crippen molar-refractivity contribution in [2.75, 3.05) is 32.8 Å². The molecule has 1 aliphatic rings. The lowest BCUT2D eigenvalue weighted by molar-refractivity contribution is -0.135. The van der Waals surface area contributed by atoms with Gasteiger partial charge in [-0.3, -0.25) is 4.79 Å². The third kappa shape index (κ3) is 6.00. The van der Waals surface area contributed by atoms with Crippen LogP contribution in [0, 0.1) is 5.92 Å². The summed E-state index contributed by atoms with van der Waals surface area (Å²) in [7, 11) is 0. The number of carbonyl (C=O) groups excluding carboxylic acids is 2. The summed E-state index contributed by atoms with van der Waals surface area (Å²) < 4.78 is 6.04. The van der Waals surface area contributed by atoms with Crippen LogP contribution >= 0.6 is 11.3 Å². The number of carbonyl (C=O) groups is 2. The van der Waals surface area contributed by atoms with Crippen LogP contribution in [-0.4, -0.2) is 54.5 Å². The summed E-state index contributed by atoms with van der Waals surface area (Å²) in [5.41, 5.74) is 1.16. The van der Waals surface area contributed by atoms with Gasteiger partial charge in [-0.15, -0.1) is 11.3 Å². The molecule has 1 aliphatic heterocycles. The fraction of sp³-hybridized carbons (Fsp3) is 0.500. The SMILES string of the molecule is CCNC(=O)N(CC(=O)N1CCc2sccc2C1COc1ccccc1)CC(C)CC. The Bertz CT molecular complexity index is 855. The van der Waals surface area contributed by atoms with Crippen LogP contribution in [0.25, 0.3) is 0 Å². The second kappa shape index (κ2) is 11.2. The predicted molar refractivity (Wildman–Crippen MR) is 125 cm³/mol. The number of hydrogen-bond donors (Lipinski definition) is 1. The van der Waals surface area contributed by atoms with Gasteiger partial charge in [-0.25, -0.2) is 4.79 Å². The summed E-state index contributed by atoms with van der Waals surface area (Å²) in [6.45, 7) is 8.32. The van der Waals surface area contributed by atoms with Gasteiger partial charge in [0.1, 0.15) is 18.9 Å². The lowest BCUT2D eigenvalue weighted by Crippen LogP contribution is -2.50. The molecule has 0 saturated carbocycles. The van der Waals surface area contributed by atoms with Crippen molar-refractivity contribution >= 4 is 23.3 Å². The number of nitrogens with one attached hydrogen (secondary N) is 1. The molecule has 2 atom stereocenters. The fourth-order valence-corrected chi connectivity index (χ4v) is 4.74. The minimum absolute atomic E-state index is 0.0342. The number of fused-ring (bicyclic) bond motifs is 1. The van der Waals surface area contributed by atoms with Crippen LogP contribution in [0.2, 0.25) is 0 Å². The lowest BCUT2D eigenvalue weighted by Gasteiger charge is -2.37. The quantitative estimate of drug-likeness (QED) is 0.627. The Morgan fingerprint density at radius 2 is 2.03 bits per heavy atom. The first-order chi connectivity index (χ1) is 15.0. The molecule has 6 nitrogen and oxygen atoms in total. The van der Waals surface area contributed by atoms with E-state index in [2.05, 4.69) is 30.6 Å². The maximum Gasteiger partial charge on any atom is 0.317 e. The van der Waals surface area contributed by atoms with Crippen LogP contribution in [0.1, 0.15) is 43.7 Å². The van der Waals surface area contributed by atoms with Crippen LogP contribution in [0.5, 0.6) is 5.75 Å². The summed E-state index contributed by atoms with van der Waals surface area (Å²) in [5.74, 6) is 1.09. The molecule has 2 unspecified atom stereocenters. The van der Waals surface area contributed by atoms with Crippen molar-refractivity contribution in [2.45, 2.75) is 39.7 Å². The number of urea groups is 1. The van der Waals surface area contributed by atoms with Crippen LogP contribution in [0.4, 0.5) is 4.79 Å². The zero-order chi connectivity index (χ0) is 22.2. The Labute approximate surface area is 189 Å². The maximum atomic E-state index is 13.4. The first kappa shape index (κ1) is 23.1. The van der Waals surface area contributed by atoms with Gasteiger partial charge in [-0.05, 0) is 48.4 Å². The molecule has 0 radical (unpaired) electrons. The van der Waals surface area contributed by atoms with Crippen LogP contribution < -0.4 is 10.1 Å². The van der Waals surface area contributed by atoms with E-state index in [9.17, 15) is 9.59 Å². The average Bonchev–Trinajstić information content (AvgIpc) is 3.26. The van der Waals surface area contributed by atoms with Crippen molar-refractivity contribution in [3.8, 4) is 5.75 Å². The number of thiophene rings is 1. The Morgan fingerprint density at radius 1 is 1.26 bits per heavy atom. The molecule has 31 heavy (non-hydrogen) atoms. The topological polar surface area (TPSA) is 61.9 Å². The Morgan fingerprint density at radius 3 is 2.74 bits per heavy atom. The van der Waals surface area contributed by atoms with Crippen molar-refractivity contribution in [1.29, 1.82) is 0 Å². The van der Waals surface area contributed by atoms with Crippen molar-refractivity contribution < 1.29 is 14.3 Å². The van der Waals surface area contributed by atoms with Gasteiger partial charge in [0.2, 0.25) is 5.91 Å². The summed E-state index contributed by atoms with van der Waals surface area (Å²) in [6.07, 6.45) is 1.80. The van der Waals surface area contributed by atoms with Gasteiger partial charge in [0.15, 0.2) is 0 Å². The minimum atomic E-state index is -0.179. The van der Waals surface area contributed by atoms with Gasteiger partial charge < -0.3 is 19.9 Å². The summed E-state index contributed by atoms with van der Waals surface area (Å²) in [6, 6.07) is 11.4. The molecular weight excluding hydrogens is 410 g/mol. The molecule has 0 aliphatic carbocycles. The largest absolute Gasteiger partial charge is 0.491 e. The smallest absolute Gasteiger partial charge is 0.317 e. The maximum absolute atomic E-state index is 13.4. The van der Waals surface area contributed by atoms with Crippen LogP contribution in [0.3, 0.4) is 0 Å². The molecule has 0 fully saturated rings. The van der Waals surface area contributed by atoms with E-state index in [1.807, 2.05) is 42.2 Å². The number of rotatable bonds is 9. The molecule has 3 amide bonds. The molecule has 168 valence electrons. The molecule has 1 N–H and O–H groups in total. The Balaban J connectivity index is 1.75. The predicted octanol–water partition coefficient (Wildman–Crippen LogP) is 4.33. The van der Waals surface area contributed by atoms with Crippen LogP contribution in [0.15, 0.2) is 41.8 Å². The van der Waals surface area contributed by atoms with Gasteiger partial charge in [0.25, 0.3) is 0 Å². The highest BCUT2D eigenvalue weighted by Gasteiger charge is 2.33. The highest BCUT2D eigenvalue weighted by atomic mass is 32.1. The average molecular weight is 444 g/mol. The van der Waals surface area contributed by atoms with E-state index < -0.39 is 0 Å². The molecule has 1 aromatic carbocycles. The number of ether oxygens (including phenoxy) is 1. The van der Waals surface area contributed by atoms with Crippen molar-refractivity contribution in [3.05, 3.63) is 52.2 Å². The molecule has 2 aromatic rings. The van der Waals surface area contributed by atoms with E-state index in [1.165, 1.54) is 4.88 Å². The van der Waals surface area contributed by atoms with Crippen molar-refractivity contribution in [3.63, 3.8) is 0 Å². The summed E-state index contributed by atoms with van der Waals surface area (Å²) >= 11 is 1.73. The molecule has 7 heteroatoms. The van der Waals surface area contributed by atoms with E-state index in [-0.39, 0.29) is 24.5 Å². The molecule has 0 spiro atoms. The number of para-hydroxylation sites is 1. The van der Waals surface area contributed by atoms with Gasteiger partial charge in [-0.2, -0.15) is 0 Å². The standard InChI is InChI=1S/C24H33N3O3S/c1-4-18(3)15-26(24(29)25-5-2)16-23(28)27-13-11-22-20(12-14-31-22)21(27)17-30-19-9-7-6-8-10-19/h6-10,12,14,18,21H,4-5,11,13,15-17H2,1-3H3,(H,25,29). The molecule has 0 saturated heterocycles. The minimum Gasteiger partial charge on any atom is -0.491 e. The second-order valence-corrected chi connectivity index (χ2v) is 9.01. The number of hydrogen-bond acceptors (Lipinski definition) is 4. The summed E-state index contributed by atoms with van der Waals surface area (Å²) in [4.78, 5) is 30.8. The van der Waals surface area contributed by atoms with Crippen molar-refractivity contribution in [2.24, 2.45) is 5.92 Å². The van der Waals surface area contributed by atoms with Crippen molar-refractivity contribution in [1.82, 2.24) is 15.1 Å². The molecular formula is C24H33N3O3S. The van der Waals surface area contributed by atoms with Crippen LogP contribution in [-0.2, 0) is 11.2 Å². The monoisotopic (exact) mass is 443 g/mol. The molecule has 1 aromatic heterocycles. The number of benzene rings is 1. The van der Waals surface area contributed by atoms with E-state index in [4.69, 9.17) is 4.74 Å². The van der Waals surface area contributed by atoms with Gasteiger partial charge >= 0.3 is 6.03 Å². The highest BCUT2D eigenvalue weighted by Crippen LogP contribution is 2.34. The normalized spacial score (nSPS) is 16.4. The first-order valence-electron chi connectivity index (χ1n) is 11.1. The zero-order valence-electron chi connectivity index (χ0n) is 18.7. The molecule has 2 heterocycles. The second-order valence-electron chi connectivity index (χ2n) is 8.01. The number of nitrogens with zero attached hydrogens (tertiary/aromatic N) is 2. The Kier molecular flexibility index (Phi) is 8.35.